The van der Waals surface area contributed by atoms with Gasteiger partial charge in [-0.05, 0) is 12.5 Å². The van der Waals surface area contributed by atoms with E-state index >= 15 is 0 Å². The number of hydrogen-bond donors (Lipinski definition) is 2. The molecule has 16 heavy (non-hydrogen) atoms. The molecule has 2 atom stereocenters. The Bertz CT molecular complexity index is 416. The lowest BCUT2D eigenvalue weighted by atomic mass is 10.0. The van der Waals surface area contributed by atoms with Gasteiger partial charge in [-0.25, -0.2) is 4.79 Å². The van der Waals surface area contributed by atoms with E-state index < -0.39 is 12.0 Å². The quantitative estimate of drug-likeness (QED) is 0.671. The van der Waals surface area contributed by atoms with E-state index in [2.05, 4.69) is 0 Å². The van der Waals surface area contributed by atoms with Gasteiger partial charge in [0.25, 0.3) is 0 Å². The van der Waals surface area contributed by atoms with Crippen molar-refractivity contribution >= 4 is 23.6 Å². The van der Waals surface area contributed by atoms with Crippen LogP contribution in [0.15, 0.2) is 23.4 Å². The van der Waals surface area contributed by atoms with E-state index in [0.29, 0.717) is 11.3 Å². The lowest BCUT2D eigenvalue weighted by molar-refractivity contribution is -0.147. The second kappa shape index (κ2) is 3.95. The Kier molecular flexibility index (Phi) is 2.77. The average Bonchev–Trinajstić information content (AvgIpc) is 2.27. The Balaban J connectivity index is 2.41. The van der Waals surface area contributed by atoms with E-state index in [0.717, 1.165) is 0 Å². The highest BCUT2D eigenvalue weighted by Crippen LogP contribution is 2.39. The van der Waals surface area contributed by atoms with Gasteiger partial charge in [0.05, 0.1) is 0 Å². The average molecular weight is 240 g/mol. The van der Waals surface area contributed by atoms with Crippen LogP contribution in [0.3, 0.4) is 0 Å². The summed E-state index contributed by atoms with van der Waals surface area (Å²) < 4.78 is 0. The minimum atomic E-state index is -1.07. The third kappa shape index (κ3) is 1.45. The molecule has 0 saturated carbocycles. The van der Waals surface area contributed by atoms with Crippen LogP contribution in [-0.2, 0) is 9.59 Å². The summed E-state index contributed by atoms with van der Waals surface area (Å²) in [5.74, 6) is -0.802. The predicted octanol–water partition coefficient (Wildman–Crippen LogP) is 0.144. The van der Waals surface area contributed by atoms with Crippen molar-refractivity contribution < 1.29 is 14.7 Å². The fraction of sp³-hybridized carbons (Fsp3) is 0.400. The molecule has 1 amide bonds. The van der Waals surface area contributed by atoms with E-state index in [1.54, 1.807) is 12.2 Å². The van der Waals surface area contributed by atoms with E-state index in [-0.39, 0.29) is 17.0 Å². The van der Waals surface area contributed by atoms with Gasteiger partial charge in [0.15, 0.2) is 0 Å². The number of thioether (sulfide) groups is 1. The van der Waals surface area contributed by atoms with Crippen molar-refractivity contribution in [3.8, 4) is 0 Å². The van der Waals surface area contributed by atoms with Crippen molar-refractivity contribution in [2.75, 3.05) is 5.75 Å². The van der Waals surface area contributed by atoms with E-state index in [9.17, 15) is 9.59 Å². The zero-order chi connectivity index (χ0) is 11.9. The van der Waals surface area contributed by atoms with Crippen LogP contribution in [0, 0.1) is 0 Å². The SMILES string of the molecule is CC=CC1=C(C(=O)O)N2C(=O)C(N)[C@H]2SC1. The van der Waals surface area contributed by atoms with Gasteiger partial charge in [-0.2, -0.15) is 0 Å². The molecule has 5 nitrogen and oxygen atoms in total. The summed E-state index contributed by atoms with van der Waals surface area (Å²) in [5.41, 5.74) is 6.35. The van der Waals surface area contributed by atoms with Crippen LogP contribution in [0.25, 0.3) is 0 Å². The number of fused-ring (bicyclic) bond motifs is 1. The van der Waals surface area contributed by atoms with Crippen molar-refractivity contribution in [2.24, 2.45) is 5.73 Å². The highest BCUT2D eigenvalue weighted by molar-refractivity contribution is 8.00. The van der Waals surface area contributed by atoms with Crippen LogP contribution in [0.2, 0.25) is 0 Å². The molecule has 2 aliphatic rings. The van der Waals surface area contributed by atoms with Gasteiger partial charge in [-0.15, -0.1) is 11.8 Å². The maximum absolute atomic E-state index is 11.5. The second-order valence-corrected chi connectivity index (χ2v) is 4.72. The zero-order valence-electron chi connectivity index (χ0n) is 8.71. The van der Waals surface area contributed by atoms with Crippen molar-refractivity contribution in [1.29, 1.82) is 0 Å². The summed E-state index contributed by atoms with van der Waals surface area (Å²) in [6, 6.07) is -0.563. The van der Waals surface area contributed by atoms with Crippen LogP contribution < -0.4 is 5.73 Å². The number of amides is 1. The molecule has 0 aliphatic carbocycles. The van der Waals surface area contributed by atoms with Gasteiger partial charge in [-0.3, -0.25) is 9.69 Å². The lowest BCUT2D eigenvalue weighted by Crippen LogP contribution is -2.68. The Morgan fingerprint density at radius 1 is 1.69 bits per heavy atom. The van der Waals surface area contributed by atoms with Gasteiger partial charge >= 0.3 is 5.97 Å². The monoisotopic (exact) mass is 240 g/mol. The predicted molar refractivity (Wildman–Crippen MR) is 60.5 cm³/mol. The van der Waals surface area contributed by atoms with Crippen molar-refractivity contribution in [2.45, 2.75) is 18.3 Å². The summed E-state index contributed by atoms with van der Waals surface area (Å²) in [6.07, 6.45) is 3.49. The number of carbonyl (C=O) groups is 2. The van der Waals surface area contributed by atoms with E-state index in [1.165, 1.54) is 16.7 Å². The number of carboxylic acid groups (broad SMARTS) is 1. The number of nitrogens with two attached hydrogens (primary N) is 1. The van der Waals surface area contributed by atoms with Crippen LogP contribution >= 0.6 is 11.8 Å². The molecule has 2 rings (SSSR count). The largest absolute Gasteiger partial charge is 0.477 e. The van der Waals surface area contributed by atoms with Gasteiger partial charge < -0.3 is 10.8 Å². The van der Waals surface area contributed by atoms with E-state index in [1.807, 2.05) is 6.92 Å². The van der Waals surface area contributed by atoms with Crippen LogP contribution in [0.5, 0.6) is 0 Å². The normalized spacial score (nSPS) is 29.4. The lowest BCUT2D eigenvalue weighted by Gasteiger charge is -2.47. The molecule has 86 valence electrons. The highest BCUT2D eigenvalue weighted by atomic mass is 32.2. The molecule has 3 N–H and O–H groups in total. The Morgan fingerprint density at radius 3 is 2.94 bits per heavy atom. The third-order valence-corrected chi connectivity index (χ3v) is 3.93. The van der Waals surface area contributed by atoms with Gasteiger partial charge in [0.2, 0.25) is 5.91 Å². The molecule has 0 aromatic heterocycles. The molecule has 2 heterocycles. The molecule has 0 bridgehead atoms. The number of carbonyl (C=O) groups excluding carboxylic acids is 1. The number of β-lactam (4-membered cyclic amide) rings is 1. The molecule has 0 radical (unpaired) electrons. The van der Waals surface area contributed by atoms with Crippen molar-refractivity contribution in [3.63, 3.8) is 0 Å². The number of carboxylic acids is 1. The topological polar surface area (TPSA) is 83.6 Å². The summed E-state index contributed by atoms with van der Waals surface area (Å²) in [7, 11) is 0. The van der Waals surface area contributed by atoms with Crippen LogP contribution in [-0.4, -0.2) is 39.1 Å². The molecule has 1 saturated heterocycles. The summed E-state index contributed by atoms with van der Waals surface area (Å²) in [6.45, 7) is 1.81. The smallest absolute Gasteiger partial charge is 0.352 e. The maximum atomic E-state index is 11.5. The summed E-state index contributed by atoms with van der Waals surface area (Å²) in [5, 5.41) is 8.91. The first-order valence-electron chi connectivity index (χ1n) is 4.87. The van der Waals surface area contributed by atoms with Gasteiger partial charge in [0, 0.05) is 5.75 Å². The fourth-order valence-electron chi connectivity index (χ4n) is 1.87. The Morgan fingerprint density at radius 2 is 2.38 bits per heavy atom. The van der Waals surface area contributed by atoms with Crippen LogP contribution in [0.1, 0.15) is 6.92 Å². The summed E-state index contributed by atoms with van der Waals surface area (Å²) >= 11 is 1.50. The van der Waals surface area contributed by atoms with E-state index in [4.69, 9.17) is 10.8 Å². The van der Waals surface area contributed by atoms with Gasteiger partial charge in [-0.1, -0.05) is 12.2 Å². The first-order valence-corrected chi connectivity index (χ1v) is 5.92. The number of nitrogens with zero attached hydrogens (tertiary/aromatic N) is 1. The third-order valence-electron chi connectivity index (χ3n) is 2.61. The number of rotatable bonds is 2. The van der Waals surface area contributed by atoms with Crippen molar-refractivity contribution in [3.05, 3.63) is 23.4 Å². The molecule has 2 aliphatic heterocycles. The second-order valence-electron chi connectivity index (χ2n) is 3.61. The molecule has 6 heteroatoms. The van der Waals surface area contributed by atoms with Crippen molar-refractivity contribution in [1.82, 2.24) is 4.90 Å². The highest BCUT2D eigenvalue weighted by Gasteiger charge is 2.51. The molecular formula is C10H12N2O3S. The first-order chi connectivity index (χ1) is 7.57. The molecule has 0 aromatic rings. The van der Waals surface area contributed by atoms with Crippen LogP contribution in [0.4, 0.5) is 0 Å². The minimum Gasteiger partial charge on any atom is -0.477 e. The number of allylic oxidation sites excluding steroid dienone is 2. The minimum absolute atomic E-state index is 0.0774. The molecule has 1 fully saturated rings. The number of aliphatic carboxylic acids is 1. The molecular weight excluding hydrogens is 228 g/mol. The Hall–Kier alpha value is -1.27. The molecule has 1 unspecified atom stereocenters. The standard InChI is InChI=1S/C10H12N2O3S/c1-2-3-5-4-16-9-6(11)8(13)12(9)7(5)10(14)15/h2-3,6,9H,4,11H2,1H3,(H,14,15)/t6?,9-/m1/s1. The van der Waals surface area contributed by atoms with Gasteiger partial charge in [0.1, 0.15) is 17.1 Å². The molecule has 0 aromatic carbocycles. The fourth-order valence-corrected chi connectivity index (χ4v) is 3.13. The summed E-state index contributed by atoms with van der Waals surface area (Å²) in [4.78, 5) is 24.0. The first kappa shape index (κ1) is 11.2. The molecule has 0 spiro atoms. The Labute approximate surface area is 97.0 Å². The zero-order valence-corrected chi connectivity index (χ0v) is 9.53. The number of hydrogen-bond acceptors (Lipinski definition) is 4. The maximum Gasteiger partial charge on any atom is 0.352 e.